The molecule has 1 atom stereocenters. The number of aromatic nitrogens is 1. The molecule has 3 aromatic rings. The summed E-state index contributed by atoms with van der Waals surface area (Å²) in [5.41, 5.74) is 0.785. The molecular weight excluding hydrogens is 473 g/mol. The number of amides is 1. The number of halogens is 1. The molecule has 1 aliphatic rings. The maximum absolute atomic E-state index is 13.7. The number of sulfonamides is 1. The van der Waals surface area contributed by atoms with E-state index in [1.54, 1.807) is 23.6 Å². The van der Waals surface area contributed by atoms with Gasteiger partial charge in [-0.2, -0.15) is 9.30 Å². The lowest BCUT2D eigenvalue weighted by molar-refractivity contribution is -0.122. The van der Waals surface area contributed by atoms with Gasteiger partial charge in [-0.05, 0) is 49.4 Å². The zero-order valence-electron chi connectivity index (χ0n) is 17.6. The van der Waals surface area contributed by atoms with E-state index in [-0.39, 0.29) is 22.5 Å². The number of rotatable bonds is 7. The van der Waals surface area contributed by atoms with E-state index < -0.39 is 15.9 Å². The minimum atomic E-state index is -3.61. The highest BCUT2D eigenvalue weighted by Crippen LogP contribution is 2.27. The normalized spacial score (nSPS) is 18.4. The molecule has 7 nitrogen and oxygen atoms in total. The first-order valence-electron chi connectivity index (χ1n) is 10.4. The van der Waals surface area contributed by atoms with Gasteiger partial charge in [-0.1, -0.05) is 17.4 Å². The molecule has 0 spiro atoms. The van der Waals surface area contributed by atoms with E-state index in [4.69, 9.17) is 4.74 Å². The third kappa shape index (κ3) is 4.86. The molecule has 11 heteroatoms. The van der Waals surface area contributed by atoms with E-state index in [1.807, 2.05) is 11.5 Å². The molecule has 1 fully saturated rings. The first-order chi connectivity index (χ1) is 15.4. The quantitative estimate of drug-likeness (QED) is 0.468. The zero-order chi connectivity index (χ0) is 22.7. The van der Waals surface area contributed by atoms with Crippen LogP contribution in [0.5, 0.6) is 0 Å². The lowest BCUT2D eigenvalue weighted by atomic mass is 9.99. The van der Waals surface area contributed by atoms with E-state index in [2.05, 4.69) is 4.99 Å². The molecule has 2 aromatic heterocycles. The molecule has 1 amide bonds. The fraction of sp³-hybridized carbons (Fsp3) is 0.429. The number of ether oxygens (including phenoxy) is 1. The molecule has 1 unspecified atom stereocenters. The molecule has 0 N–H and O–H groups in total. The Bertz CT molecular complexity index is 1270. The molecule has 1 saturated heterocycles. The molecule has 0 saturated carbocycles. The Labute approximate surface area is 193 Å². The van der Waals surface area contributed by atoms with Crippen LogP contribution in [0.3, 0.4) is 0 Å². The summed E-state index contributed by atoms with van der Waals surface area (Å²) in [6.45, 7) is 3.90. The molecule has 3 heterocycles. The van der Waals surface area contributed by atoms with Crippen LogP contribution in [0.2, 0.25) is 0 Å². The number of benzene rings is 1. The lowest BCUT2D eigenvalue weighted by Gasteiger charge is -2.29. The fourth-order valence-electron chi connectivity index (χ4n) is 3.73. The van der Waals surface area contributed by atoms with E-state index >= 15 is 0 Å². The first-order valence-corrected chi connectivity index (χ1v) is 13.5. The molecule has 32 heavy (non-hydrogen) atoms. The SMILES string of the molecule is CCOCCn1c(=NC(=O)C2CCCN(S(=O)(=O)c3cccs3)C2)sc2cc(F)ccc21. The van der Waals surface area contributed by atoms with Crippen molar-refractivity contribution >= 4 is 48.8 Å². The van der Waals surface area contributed by atoms with E-state index in [0.29, 0.717) is 48.6 Å². The topological polar surface area (TPSA) is 81.0 Å². The number of hydrogen-bond acceptors (Lipinski definition) is 6. The summed E-state index contributed by atoms with van der Waals surface area (Å²) in [6, 6.07) is 7.76. The monoisotopic (exact) mass is 497 g/mol. The van der Waals surface area contributed by atoms with Crippen LogP contribution in [0.4, 0.5) is 4.39 Å². The molecule has 0 aliphatic carbocycles. The fourth-order valence-corrected chi connectivity index (χ4v) is 7.49. The van der Waals surface area contributed by atoms with Crippen LogP contribution in [0.1, 0.15) is 19.8 Å². The van der Waals surface area contributed by atoms with Crippen LogP contribution in [0, 0.1) is 11.7 Å². The molecule has 0 radical (unpaired) electrons. The van der Waals surface area contributed by atoms with Gasteiger partial charge in [-0.3, -0.25) is 4.79 Å². The standard InChI is InChI=1S/C21H24FN3O4S3/c1-2-29-11-10-25-17-8-7-16(22)13-18(17)31-21(25)23-20(26)15-5-3-9-24(14-15)32(27,28)19-6-4-12-30-19/h4,6-8,12-13,15H,2-3,5,9-11,14H2,1H3. The number of fused-ring (bicyclic) bond motifs is 1. The van der Waals surface area contributed by atoms with E-state index in [9.17, 15) is 17.6 Å². The molecule has 1 aromatic carbocycles. The van der Waals surface area contributed by atoms with Gasteiger partial charge >= 0.3 is 0 Å². The van der Waals surface area contributed by atoms with Gasteiger partial charge in [0.05, 0.1) is 22.7 Å². The second-order valence-electron chi connectivity index (χ2n) is 7.43. The highest BCUT2D eigenvalue weighted by atomic mass is 32.2. The van der Waals surface area contributed by atoms with Crippen LogP contribution < -0.4 is 4.80 Å². The summed E-state index contributed by atoms with van der Waals surface area (Å²) < 4.78 is 49.1. The van der Waals surface area contributed by atoms with Crippen LogP contribution in [-0.4, -0.2) is 49.5 Å². The summed E-state index contributed by atoms with van der Waals surface area (Å²) in [5.74, 6) is -1.22. The second kappa shape index (κ2) is 9.92. The minimum Gasteiger partial charge on any atom is -0.380 e. The Morgan fingerprint density at radius 3 is 2.94 bits per heavy atom. The second-order valence-corrected chi connectivity index (χ2v) is 11.6. The molecule has 4 rings (SSSR count). The number of hydrogen-bond donors (Lipinski definition) is 0. The van der Waals surface area contributed by atoms with Gasteiger partial charge in [0, 0.05) is 26.2 Å². The van der Waals surface area contributed by atoms with Crippen molar-refractivity contribution in [2.75, 3.05) is 26.3 Å². The largest absolute Gasteiger partial charge is 0.380 e. The highest BCUT2D eigenvalue weighted by Gasteiger charge is 2.33. The van der Waals surface area contributed by atoms with Crippen molar-refractivity contribution in [1.82, 2.24) is 8.87 Å². The summed E-state index contributed by atoms with van der Waals surface area (Å²) in [6.07, 6.45) is 1.18. The predicted octanol–water partition coefficient (Wildman–Crippen LogP) is 3.47. The van der Waals surface area contributed by atoms with Gasteiger partial charge in [0.1, 0.15) is 10.0 Å². The van der Waals surface area contributed by atoms with Crippen LogP contribution >= 0.6 is 22.7 Å². The van der Waals surface area contributed by atoms with Crippen LogP contribution in [0.25, 0.3) is 10.2 Å². The van der Waals surface area contributed by atoms with Crippen LogP contribution in [0.15, 0.2) is 44.9 Å². The van der Waals surface area contributed by atoms with Gasteiger partial charge in [0.2, 0.25) is 0 Å². The average Bonchev–Trinajstić information content (AvgIpc) is 3.43. The van der Waals surface area contributed by atoms with Crippen molar-refractivity contribution < 1.29 is 22.3 Å². The third-order valence-corrected chi connectivity index (χ3v) is 9.62. The number of carbonyl (C=O) groups is 1. The smallest absolute Gasteiger partial charge is 0.252 e. The Morgan fingerprint density at radius 1 is 1.34 bits per heavy atom. The number of thiophene rings is 1. The molecule has 172 valence electrons. The van der Waals surface area contributed by atoms with Crippen molar-refractivity contribution in [2.24, 2.45) is 10.9 Å². The van der Waals surface area contributed by atoms with Crippen molar-refractivity contribution in [3.63, 3.8) is 0 Å². The van der Waals surface area contributed by atoms with Gasteiger partial charge in [0.15, 0.2) is 4.80 Å². The van der Waals surface area contributed by atoms with E-state index in [1.165, 1.54) is 39.1 Å². The Kier molecular flexibility index (Phi) is 7.21. The average molecular weight is 498 g/mol. The number of thiazole rings is 1. The number of piperidine rings is 1. The van der Waals surface area contributed by atoms with Gasteiger partial charge in [-0.25, -0.2) is 12.8 Å². The summed E-state index contributed by atoms with van der Waals surface area (Å²) >= 11 is 2.41. The molecule has 1 aliphatic heterocycles. The summed E-state index contributed by atoms with van der Waals surface area (Å²) in [5, 5.41) is 1.72. The van der Waals surface area contributed by atoms with Crippen molar-refractivity contribution in [2.45, 2.75) is 30.5 Å². The Hall–Kier alpha value is -1.92. The predicted molar refractivity (Wildman–Crippen MR) is 123 cm³/mol. The van der Waals surface area contributed by atoms with Crippen molar-refractivity contribution in [1.29, 1.82) is 0 Å². The van der Waals surface area contributed by atoms with Gasteiger partial charge in [0.25, 0.3) is 15.9 Å². The number of carbonyl (C=O) groups excluding carboxylic acids is 1. The highest BCUT2D eigenvalue weighted by molar-refractivity contribution is 7.91. The maximum Gasteiger partial charge on any atom is 0.252 e. The minimum absolute atomic E-state index is 0.112. The van der Waals surface area contributed by atoms with Crippen molar-refractivity contribution in [3.8, 4) is 0 Å². The zero-order valence-corrected chi connectivity index (χ0v) is 20.0. The maximum atomic E-state index is 13.7. The third-order valence-electron chi connectivity index (χ3n) is 5.34. The number of nitrogens with zero attached hydrogens (tertiary/aromatic N) is 3. The van der Waals surface area contributed by atoms with Crippen molar-refractivity contribution in [3.05, 3.63) is 46.3 Å². The molecular formula is C21H24FN3O4S3. The molecule has 0 bridgehead atoms. The summed E-state index contributed by atoms with van der Waals surface area (Å²) in [7, 11) is -3.61. The Balaban J connectivity index is 1.62. The van der Waals surface area contributed by atoms with Gasteiger partial charge in [-0.15, -0.1) is 11.3 Å². The van der Waals surface area contributed by atoms with Gasteiger partial charge < -0.3 is 9.30 Å². The summed E-state index contributed by atoms with van der Waals surface area (Å²) in [4.78, 5) is 17.9. The lowest BCUT2D eigenvalue weighted by Crippen LogP contribution is -2.42. The van der Waals surface area contributed by atoms with Crippen LogP contribution in [-0.2, 0) is 26.1 Å². The van der Waals surface area contributed by atoms with E-state index in [0.717, 1.165) is 5.52 Å². The Morgan fingerprint density at radius 2 is 2.19 bits per heavy atom. The first kappa shape index (κ1) is 23.2.